The van der Waals surface area contributed by atoms with Crippen molar-refractivity contribution in [2.24, 2.45) is 0 Å². The Morgan fingerprint density at radius 3 is 2.47 bits per heavy atom. The molecule has 15 heavy (non-hydrogen) atoms. The van der Waals surface area contributed by atoms with Gasteiger partial charge in [-0.05, 0) is 0 Å². The summed E-state index contributed by atoms with van der Waals surface area (Å²) >= 11 is 0. The Morgan fingerprint density at radius 1 is 1.40 bits per heavy atom. The first-order valence-electron chi connectivity index (χ1n) is 4.43. The zero-order valence-corrected chi connectivity index (χ0v) is 8.12. The van der Waals surface area contributed by atoms with Crippen molar-refractivity contribution in [3.8, 4) is 0 Å². The molecule has 1 saturated heterocycles. The normalized spacial score (nSPS) is 37.7. The van der Waals surface area contributed by atoms with E-state index in [4.69, 9.17) is 9.84 Å². The van der Waals surface area contributed by atoms with Gasteiger partial charge in [0.2, 0.25) is 12.1 Å². The maximum absolute atomic E-state index is 10.7. The summed E-state index contributed by atoms with van der Waals surface area (Å²) in [6.45, 7) is 0.669. The van der Waals surface area contributed by atoms with E-state index in [2.05, 4.69) is 5.32 Å². The summed E-state index contributed by atoms with van der Waals surface area (Å²) in [5.41, 5.74) is 0. The third-order valence-electron chi connectivity index (χ3n) is 2.08. The highest BCUT2D eigenvalue weighted by Gasteiger charge is 2.44. The summed E-state index contributed by atoms with van der Waals surface area (Å²) in [7, 11) is 0. The smallest absolute Gasteiger partial charge is 0.221 e. The Morgan fingerprint density at radius 2 is 2.00 bits per heavy atom. The van der Waals surface area contributed by atoms with Crippen molar-refractivity contribution < 1.29 is 30.0 Å². The van der Waals surface area contributed by atoms with Gasteiger partial charge in [-0.25, -0.2) is 0 Å². The van der Waals surface area contributed by atoms with Crippen LogP contribution in [0.5, 0.6) is 0 Å². The van der Waals surface area contributed by atoms with E-state index in [1.54, 1.807) is 0 Å². The first-order chi connectivity index (χ1) is 6.97. The van der Waals surface area contributed by atoms with Crippen LogP contribution in [-0.4, -0.2) is 57.4 Å². The third-order valence-corrected chi connectivity index (χ3v) is 2.08. The maximum atomic E-state index is 10.7. The molecule has 1 radical (unpaired) electrons. The quantitative estimate of drug-likeness (QED) is 0.340. The SMILES string of the molecule is CC(=O)N[C]1O[C@H](CO)[C@H](O)[C@H](O)[C@H]1O. The Kier molecular flexibility index (Phi) is 4.00. The number of amides is 1. The van der Waals surface area contributed by atoms with Gasteiger partial charge in [0.15, 0.2) is 0 Å². The Labute approximate surface area is 86.3 Å². The highest BCUT2D eigenvalue weighted by Crippen LogP contribution is 2.23. The Bertz CT molecular complexity index is 233. The molecule has 1 aliphatic heterocycles. The van der Waals surface area contributed by atoms with Crippen LogP contribution in [0.4, 0.5) is 0 Å². The fourth-order valence-corrected chi connectivity index (χ4v) is 1.29. The van der Waals surface area contributed by atoms with Crippen LogP contribution in [0.3, 0.4) is 0 Å². The average molecular weight is 220 g/mol. The molecule has 7 nitrogen and oxygen atoms in total. The molecule has 0 aromatic heterocycles. The molecule has 4 atom stereocenters. The van der Waals surface area contributed by atoms with E-state index in [0.29, 0.717) is 0 Å². The lowest BCUT2D eigenvalue weighted by molar-refractivity contribution is -0.196. The number of ether oxygens (including phenoxy) is 1. The molecule has 5 N–H and O–H groups in total. The highest BCUT2D eigenvalue weighted by molar-refractivity contribution is 5.74. The maximum Gasteiger partial charge on any atom is 0.221 e. The molecule has 87 valence electrons. The zero-order chi connectivity index (χ0) is 11.6. The van der Waals surface area contributed by atoms with Gasteiger partial charge in [0.1, 0.15) is 24.4 Å². The molecule has 1 fully saturated rings. The van der Waals surface area contributed by atoms with Gasteiger partial charge in [-0.15, -0.1) is 0 Å². The van der Waals surface area contributed by atoms with Crippen LogP contribution in [-0.2, 0) is 9.53 Å². The number of hydrogen-bond acceptors (Lipinski definition) is 6. The van der Waals surface area contributed by atoms with E-state index in [-0.39, 0.29) is 6.23 Å². The molecule has 0 spiro atoms. The molecule has 0 aromatic rings. The minimum absolute atomic E-state index is 0.264. The van der Waals surface area contributed by atoms with E-state index in [0.717, 1.165) is 0 Å². The van der Waals surface area contributed by atoms with Gasteiger partial charge in [-0.1, -0.05) is 0 Å². The lowest BCUT2D eigenvalue weighted by Gasteiger charge is -2.38. The van der Waals surface area contributed by atoms with Crippen molar-refractivity contribution in [3.63, 3.8) is 0 Å². The summed E-state index contributed by atoms with van der Waals surface area (Å²) in [4.78, 5) is 10.7. The van der Waals surface area contributed by atoms with Gasteiger partial charge in [0.25, 0.3) is 0 Å². The molecule has 1 heterocycles. The molecule has 0 saturated carbocycles. The predicted molar refractivity (Wildman–Crippen MR) is 47.0 cm³/mol. The zero-order valence-electron chi connectivity index (χ0n) is 8.12. The summed E-state index contributed by atoms with van der Waals surface area (Å²) in [6, 6.07) is 0. The number of carbonyl (C=O) groups excluding carboxylic acids is 1. The number of aliphatic hydroxyl groups is 4. The van der Waals surface area contributed by atoms with Crippen LogP contribution in [0.2, 0.25) is 0 Å². The number of rotatable bonds is 2. The van der Waals surface area contributed by atoms with Crippen LogP contribution in [0.1, 0.15) is 6.92 Å². The molecule has 7 heteroatoms. The van der Waals surface area contributed by atoms with Gasteiger partial charge in [0, 0.05) is 6.92 Å². The van der Waals surface area contributed by atoms with E-state index in [1.807, 2.05) is 0 Å². The van der Waals surface area contributed by atoms with Crippen molar-refractivity contribution in [1.29, 1.82) is 0 Å². The lowest BCUT2D eigenvalue weighted by atomic mass is 9.98. The van der Waals surface area contributed by atoms with Gasteiger partial charge < -0.3 is 30.5 Å². The van der Waals surface area contributed by atoms with Crippen LogP contribution < -0.4 is 5.32 Å². The van der Waals surface area contributed by atoms with Crippen molar-refractivity contribution in [2.45, 2.75) is 31.3 Å². The van der Waals surface area contributed by atoms with Crippen molar-refractivity contribution in [3.05, 3.63) is 6.23 Å². The summed E-state index contributed by atoms with van der Waals surface area (Å²) in [5, 5.41) is 39.1. The van der Waals surface area contributed by atoms with Crippen LogP contribution >= 0.6 is 0 Å². The second-order valence-electron chi connectivity index (χ2n) is 3.31. The average Bonchev–Trinajstić information content (AvgIpc) is 2.18. The van der Waals surface area contributed by atoms with E-state index in [1.165, 1.54) is 6.92 Å². The monoisotopic (exact) mass is 220 g/mol. The van der Waals surface area contributed by atoms with Crippen molar-refractivity contribution in [2.75, 3.05) is 6.61 Å². The third kappa shape index (κ3) is 2.64. The number of nitrogens with one attached hydrogen (secondary N) is 1. The molecular formula is C8H14NO6. The number of hydrogen-bond donors (Lipinski definition) is 5. The molecule has 0 aliphatic carbocycles. The molecule has 0 bridgehead atoms. The summed E-state index contributed by atoms with van der Waals surface area (Å²) in [5.74, 6) is -0.482. The van der Waals surface area contributed by atoms with E-state index >= 15 is 0 Å². The fourth-order valence-electron chi connectivity index (χ4n) is 1.29. The number of aliphatic hydroxyl groups excluding tert-OH is 4. The first kappa shape index (κ1) is 12.3. The molecule has 0 aromatic carbocycles. The van der Waals surface area contributed by atoms with Crippen molar-refractivity contribution >= 4 is 5.91 Å². The summed E-state index contributed by atoms with van der Waals surface area (Å²) < 4.78 is 4.92. The van der Waals surface area contributed by atoms with Crippen LogP contribution in [0, 0.1) is 6.23 Å². The topological polar surface area (TPSA) is 119 Å². The van der Waals surface area contributed by atoms with E-state index in [9.17, 15) is 20.1 Å². The molecule has 1 rings (SSSR count). The Hall–Kier alpha value is -0.730. The van der Waals surface area contributed by atoms with Gasteiger partial charge in [-0.3, -0.25) is 4.79 Å². The molecule has 1 amide bonds. The highest BCUT2D eigenvalue weighted by atomic mass is 16.6. The minimum Gasteiger partial charge on any atom is -0.394 e. The van der Waals surface area contributed by atoms with E-state index < -0.39 is 36.9 Å². The van der Waals surface area contributed by atoms with Gasteiger partial charge >= 0.3 is 0 Å². The van der Waals surface area contributed by atoms with Crippen molar-refractivity contribution in [1.82, 2.24) is 5.32 Å². The second kappa shape index (κ2) is 4.86. The minimum atomic E-state index is -1.51. The Balaban J connectivity index is 2.69. The lowest BCUT2D eigenvalue weighted by Crippen LogP contribution is -2.59. The van der Waals surface area contributed by atoms with Crippen LogP contribution in [0.15, 0.2) is 0 Å². The summed E-state index contributed by atoms with van der Waals surface area (Å²) in [6.07, 6.45) is -5.74. The number of carbonyl (C=O) groups is 1. The standard InChI is InChI=1S/C8H14NO6/c1-3(11)9-8-7(14)6(13)5(12)4(2-10)15-8/h4-7,10,12-14H,2H2,1H3,(H,9,11)/t4-,5+,6+,7-/m1/s1. The van der Waals surface area contributed by atoms with Gasteiger partial charge in [0.05, 0.1) is 6.61 Å². The predicted octanol–water partition coefficient (Wildman–Crippen LogP) is -2.91. The largest absolute Gasteiger partial charge is 0.394 e. The first-order valence-corrected chi connectivity index (χ1v) is 4.43. The van der Waals surface area contributed by atoms with Gasteiger partial charge in [-0.2, -0.15) is 0 Å². The second-order valence-corrected chi connectivity index (χ2v) is 3.31. The fraction of sp³-hybridized carbons (Fsp3) is 0.750. The van der Waals surface area contributed by atoms with Crippen LogP contribution in [0.25, 0.3) is 0 Å². The molecular weight excluding hydrogens is 206 g/mol. The molecule has 1 aliphatic rings. The molecule has 0 unspecified atom stereocenters.